The van der Waals surface area contributed by atoms with E-state index in [0.717, 1.165) is 6.07 Å². The molecule has 2 rings (SSSR count). The average molecular weight is 302 g/mol. The summed E-state index contributed by atoms with van der Waals surface area (Å²) < 4.78 is 18.8. The third kappa shape index (κ3) is 2.76. The summed E-state index contributed by atoms with van der Waals surface area (Å²) in [5, 5.41) is 11.7. The predicted molar refractivity (Wildman–Crippen MR) is 69.3 cm³/mol. The van der Waals surface area contributed by atoms with Crippen LogP contribution in [-0.2, 0) is 9.53 Å². The number of carboxylic acids is 1. The molecule has 1 saturated heterocycles. The maximum absolute atomic E-state index is 13.7. The number of carbonyl (C=O) groups excluding carboxylic acids is 1. The van der Waals surface area contributed by atoms with Gasteiger partial charge in [0.2, 0.25) is 0 Å². The van der Waals surface area contributed by atoms with Crippen molar-refractivity contribution in [3.05, 3.63) is 34.6 Å². The molecule has 1 fully saturated rings. The molecule has 1 heterocycles. The monoisotopic (exact) mass is 301 g/mol. The number of amides is 1. The standard InChI is InChI=1S/C13H13ClFNO4/c14-8-2-1-3-9(15)10(8)11(17)16-13(12(18)19)4-6-20-7-5-13/h1-3H,4-7H2,(H,16,17)(H,18,19). The van der Waals surface area contributed by atoms with E-state index in [4.69, 9.17) is 16.3 Å². The Balaban J connectivity index is 2.27. The van der Waals surface area contributed by atoms with Gasteiger partial charge >= 0.3 is 5.97 Å². The van der Waals surface area contributed by atoms with Crippen LogP contribution in [0, 0.1) is 5.82 Å². The number of aliphatic carboxylic acids is 1. The van der Waals surface area contributed by atoms with Crippen LogP contribution in [0.4, 0.5) is 4.39 Å². The van der Waals surface area contributed by atoms with Gasteiger partial charge < -0.3 is 15.2 Å². The maximum Gasteiger partial charge on any atom is 0.329 e. The molecule has 0 bridgehead atoms. The van der Waals surface area contributed by atoms with Gasteiger partial charge in [0.25, 0.3) is 5.91 Å². The third-order valence-corrected chi connectivity index (χ3v) is 3.61. The predicted octanol–water partition coefficient (Wildman–Crippen LogP) is 1.84. The average Bonchev–Trinajstić information content (AvgIpc) is 2.39. The summed E-state index contributed by atoms with van der Waals surface area (Å²) in [5.74, 6) is -2.79. The number of carbonyl (C=O) groups is 2. The molecule has 1 amide bonds. The molecule has 20 heavy (non-hydrogen) atoms. The fourth-order valence-electron chi connectivity index (χ4n) is 2.11. The molecule has 0 aliphatic carbocycles. The Morgan fingerprint density at radius 2 is 2.00 bits per heavy atom. The molecular formula is C13H13ClFNO4. The van der Waals surface area contributed by atoms with Crippen LogP contribution in [0.3, 0.4) is 0 Å². The molecule has 0 unspecified atom stereocenters. The van der Waals surface area contributed by atoms with Gasteiger partial charge in [-0.15, -0.1) is 0 Å². The van der Waals surface area contributed by atoms with Crippen LogP contribution < -0.4 is 5.32 Å². The minimum atomic E-state index is -1.44. The molecule has 0 spiro atoms. The Labute approximate surface area is 119 Å². The van der Waals surface area contributed by atoms with E-state index in [1.54, 1.807) is 0 Å². The lowest BCUT2D eigenvalue weighted by molar-refractivity contribution is -0.148. The Morgan fingerprint density at radius 3 is 2.55 bits per heavy atom. The van der Waals surface area contributed by atoms with Crippen molar-refractivity contribution in [2.24, 2.45) is 0 Å². The van der Waals surface area contributed by atoms with Gasteiger partial charge in [0.05, 0.1) is 10.6 Å². The summed E-state index contributed by atoms with van der Waals surface area (Å²) >= 11 is 5.79. The summed E-state index contributed by atoms with van der Waals surface area (Å²) in [4.78, 5) is 23.5. The van der Waals surface area contributed by atoms with Crippen LogP contribution in [0.5, 0.6) is 0 Å². The molecule has 1 aromatic rings. The molecular weight excluding hydrogens is 289 g/mol. The van der Waals surface area contributed by atoms with E-state index in [2.05, 4.69) is 5.32 Å². The molecule has 0 radical (unpaired) electrons. The normalized spacial score (nSPS) is 17.5. The molecule has 0 aromatic heterocycles. The van der Waals surface area contributed by atoms with E-state index in [9.17, 15) is 19.1 Å². The van der Waals surface area contributed by atoms with E-state index in [1.165, 1.54) is 12.1 Å². The Morgan fingerprint density at radius 1 is 1.35 bits per heavy atom. The second-order valence-corrected chi connectivity index (χ2v) is 4.96. The fraction of sp³-hybridized carbons (Fsp3) is 0.385. The Hall–Kier alpha value is -1.66. The number of hydrogen-bond donors (Lipinski definition) is 2. The number of halogens is 2. The summed E-state index contributed by atoms with van der Waals surface area (Å²) in [6.07, 6.45) is 0.250. The molecule has 5 nitrogen and oxygen atoms in total. The quantitative estimate of drug-likeness (QED) is 0.893. The molecule has 1 aliphatic heterocycles. The van der Waals surface area contributed by atoms with Crippen molar-refractivity contribution in [1.82, 2.24) is 5.32 Å². The first-order valence-electron chi connectivity index (χ1n) is 6.04. The Kier molecular flexibility index (Phi) is 4.25. The lowest BCUT2D eigenvalue weighted by atomic mass is 9.89. The van der Waals surface area contributed by atoms with Crippen molar-refractivity contribution < 1.29 is 23.8 Å². The molecule has 0 saturated carbocycles. The van der Waals surface area contributed by atoms with Crippen molar-refractivity contribution in [3.63, 3.8) is 0 Å². The van der Waals surface area contributed by atoms with Crippen molar-refractivity contribution in [2.45, 2.75) is 18.4 Å². The topological polar surface area (TPSA) is 75.6 Å². The summed E-state index contributed by atoms with van der Waals surface area (Å²) in [6, 6.07) is 3.84. The number of hydrogen-bond acceptors (Lipinski definition) is 3. The SMILES string of the molecule is O=C(NC1(C(=O)O)CCOCC1)c1c(F)cccc1Cl. The zero-order chi connectivity index (χ0) is 14.8. The molecule has 0 atom stereocenters. The number of benzene rings is 1. The smallest absolute Gasteiger partial charge is 0.329 e. The minimum Gasteiger partial charge on any atom is -0.480 e. The van der Waals surface area contributed by atoms with Crippen LogP contribution in [0.15, 0.2) is 18.2 Å². The van der Waals surface area contributed by atoms with E-state index < -0.39 is 23.2 Å². The van der Waals surface area contributed by atoms with Crippen LogP contribution >= 0.6 is 11.6 Å². The molecule has 1 aliphatic rings. The number of carboxylic acid groups (broad SMARTS) is 1. The highest BCUT2D eigenvalue weighted by Gasteiger charge is 2.42. The van der Waals surface area contributed by atoms with Gasteiger partial charge in [0.1, 0.15) is 11.4 Å². The van der Waals surface area contributed by atoms with Crippen molar-refractivity contribution >= 4 is 23.5 Å². The second kappa shape index (κ2) is 5.76. The third-order valence-electron chi connectivity index (χ3n) is 3.30. The van der Waals surface area contributed by atoms with E-state index in [-0.39, 0.29) is 36.6 Å². The van der Waals surface area contributed by atoms with Gasteiger partial charge in [-0.25, -0.2) is 9.18 Å². The zero-order valence-corrected chi connectivity index (χ0v) is 11.2. The largest absolute Gasteiger partial charge is 0.480 e. The van der Waals surface area contributed by atoms with Gasteiger partial charge in [0, 0.05) is 26.1 Å². The van der Waals surface area contributed by atoms with Gasteiger partial charge in [-0.1, -0.05) is 17.7 Å². The van der Waals surface area contributed by atoms with Gasteiger partial charge in [-0.3, -0.25) is 4.79 Å². The van der Waals surface area contributed by atoms with Crippen molar-refractivity contribution in [3.8, 4) is 0 Å². The van der Waals surface area contributed by atoms with Gasteiger partial charge in [0.15, 0.2) is 0 Å². The van der Waals surface area contributed by atoms with E-state index >= 15 is 0 Å². The highest BCUT2D eigenvalue weighted by Crippen LogP contribution is 2.24. The molecule has 2 N–H and O–H groups in total. The zero-order valence-electron chi connectivity index (χ0n) is 10.5. The van der Waals surface area contributed by atoms with Crippen molar-refractivity contribution in [2.75, 3.05) is 13.2 Å². The van der Waals surface area contributed by atoms with Crippen LogP contribution in [0.1, 0.15) is 23.2 Å². The van der Waals surface area contributed by atoms with Gasteiger partial charge in [-0.05, 0) is 12.1 Å². The van der Waals surface area contributed by atoms with E-state index in [0.29, 0.717) is 0 Å². The van der Waals surface area contributed by atoms with Gasteiger partial charge in [-0.2, -0.15) is 0 Å². The summed E-state index contributed by atoms with van der Waals surface area (Å²) in [6.45, 7) is 0.440. The van der Waals surface area contributed by atoms with Crippen molar-refractivity contribution in [1.29, 1.82) is 0 Å². The fourth-order valence-corrected chi connectivity index (χ4v) is 2.36. The maximum atomic E-state index is 13.7. The lowest BCUT2D eigenvalue weighted by Crippen LogP contribution is -2.57. The molecule has 108 valence electrons. The highest BCUT2D eigenvalue weighted by atomic mass is 35.5. The number of nitrogens with one attached hydrogen (secondary N) is 1. The number of ether oxygens (including phenoxy) is 1. The summed E-state index contributed by atoms with van der Waals surface area (Å²) in [5.41, 5.74) is -1.79. The second-order valence-electron chi connectivity index (χ2n) is 4.55. The number of rotatable bonds is 3. The lowest BCUT2D eigenvalue weighted by Gasteiger charge is -2.33. The molecule has 7 heteroatoms. The van der Waals surface area contributed by atoms with E-state index in [1.807, 2.05) is 0 Å². The molecule has 1 aromatic carbocycles. The summed E-state index contributed by atoms with van der Waals surface area (Å²) in [7, 11) is 0. The first-order chi connectivity index (χ1) is 9.46. The first-order valence-corrected chi connectivity index (χ1v) is 6.42. The van der Waals surface area contributed by atoms with Crippen LogP contribution in [0.2, 0.25) is 5.02 Å². The van der Waals surface area contributed by atoms with Crippen LogP contribution in [0.25, 0.3) is 0 Å². The Bertz CT molecular complexity index is 523. The van der Waals surface area contributed by atoms with Crippen LogP contribution in [-0.4, -0.2) is 35.7 Å². The first kappa shape index (κ1) is 14.7. The highest BCUT2D eigenvalue weighted by molar-refractivity contribution is 6.33. The minimum absolute atomic E-state index is 0.0601.